The topological polar surface area (TPSA) is 310 Å². The van der Waals surface area contributed by atoms with Gasteiger partial charge in [0.05, 0.1) is 69.5 Å². The molecule has 0 bridgehead atoms. The number of hydrazine groups is 1. The Hall–Kier alpha value is -7.64. The van der Waals surface area contributed by atoms with Crippen molar-refractivity contribution in [1.29, 1.82) is 0 Å². The number of nitrogens with zero attached hydrogens (tertiary/aromatic N) is 4. The summed E-state index contributed by atoms with van der Waals surface area (Å²) in [7, 11) is 6.69. The normalized spacial score (nSPS) is 13.2. The average Bonchev–Trinajstić information content (AvgIpc) is 4.07. The number of aromatic nitrogens is 1. The zero-order valence-corrected chi connectivity index (χ0v) is 48.1. The van der Waals surface area contributed by atoms with Crippen molar-refractivity contribution < 1.29 is 57.3 Å². The number of aryl methyl sites for hydroxylation is 2. The van der Waals surface area contributed by atoms with Crippen molar-refractivity contribution in [3.05, 3.63) is 130 Å². The fourth-order valence-corrected chi connectivity index (χ4v) is 7.71. The third kappa shape index (κ3) is 25.6. The first-order valence-corrected chi connectivity index (χ1v) is 26.5. The number of carbonyl (C=O) groups excluding carboxylic acids is 8. The van der Waals surface area contributed by atoms with Crippen LogP contribution in [0.5, 0.6) is 0 Å². The highest BCUT2D eigenvalue weighted by molar-refractivity contribution is 6.12. The lowest BCUT2D eigenvalue weighted by Crippen LogP contribution is -2.33. The van der Waals surface area contributed by atoms with Gasteiger partial charge in [-0.1, -0.05) is 62.7 Å². The number of imide groups is 1. The second kappa shape index (κ2) is 41.4. The first-order chi connectivity index (χ1) is 39.0. The molecule has 1 aromatic heterocycles. The lowest BCUT2D eigenvalue weighted by molar-refractivity contribution is -0.137. The Morgan fingerprint density at radius 3 is 2.04 bits per heavy atom. The third-order valence-electron chi connectivity index (χ3n) is 11.5. The van der Waals surface area contributed by atoms with Gasteiger partial charge in [0.2, 0.25) is 11.8 Å². The van der Waals surface area contributed by atoms with Gasteiger partial charge in [0.25, 0.3) is 11.8 Å². The van der Waals surface area contributed by atoms with E-state index in [0.717, 1.165) is 48.5 Å². The van der Waals surface area contributed by atoms with Crippen LogP contribution in [0.1, 0.15) is 80.3 Å². The maximum atomic E-state index is 14.7. The van der Waals surface area contributed by atoms with Gasteiger partial charge in [-0.05, 0) is 89.5 Å². The molecule has 81 heavy (non-hydrogen) atoms. The van der Waals surface area contributed by atoms with Gasteiger partial charge in [0.15, 0.2) is 6.29 Å². The molecular formula is C58H84FN11O11. The van der Waals surface area contributed by atoms with Gasteiger partial charge < -0.3 is 70.7 Å². The van der Waals surface area contributed by atoms with Crippen LogP contribution < -0.4 is 38.2 Å². The molecule has 1 unspecified atom stereocenters. The summed E-state index contributed by atoms with van der Waals surface area (Å²) in [5, 5.41) is 25.7. The van der Waals surface area contributed by atoms with Crippen molar-refractivity contribution in [2.75, 3.05) is 80.9 Å². The highest BCUT2D eigenvalue weighted by atomic mass is 19.1. The van der Waals surface area contributed by atoms with E-state index in [1.807, 2.05) is 44.0 Å². The summed E-state index contributed by atoms with van der Waals surface area (Å²) < 4.78 is 25.4. The zero-order valence-electron chi connectivity index (χ0n) is 48.1. The minimum Gasteiger partial charge on any atom is -0.401 e. The predicted octanol–water partition coefficient (Wildman–Crippen LogP) is 3.05. The molecular weight excluding hydrogens is 1050 g/mol. The summed E-state index contributed by atoms with van der Waals surface area (Å²) in [4.78, 5) is 92.0. The van der Waals surface area contributed by atoms with E-state index in [1.165, 1.54) is 40.8 Å². The van der Waals surface area contributed by atoms with E-state index in [4.69, 9.17) is 26.0 Å². The Kier molecular flexibility index (Phi) is 36.5. The Morgan fingerprint density at radius 2 is 1.52 bits per heavy atom. The minimum absolute atomic E-state index is 0.0977. The summed E-state index contributed by atoms with van der Waals surface area (Å²) in [6, 6.07) is 13.5. The summed E-state index contributed by atoms with van der Waals surface area (Å²) in [6.07, 6.45) is 11.7. The lowest BCUT2D eigenvalue weighted by atomic mass is 9.95. The van der Waals surface area contributed by atoms with E-state index in [9.17, 15) is 47.9 Å². The Labute approximate surface area is 475 Å². The fourth-order valence-electron chi connectivity index (χ4n) is 7.71. The first kappa shape index (κ1) is 71.4. The smallest absolute Gasteiger partial charge is 0.253 e. The maximum Gasteiger partial charge on any atom is 0.253 e. The van der Waals surface area contributed by atoms with Gasteiger partial charge in [-0.3, -0.25) is 29.4 Å². The number of halogens is 1. The number of carbonyl (C=O) groups is 8. The monoisotopic (exact) mass is 1130 g/mol. The Bertz CT molecular complexity index is 2600. The second-order valence-electron chi connectivity index (χ2n) is 17.8. The number of benzene rings is 2. The van der Waals surface area contributed by atoms with Crippen LogP contribution in [0.3, 0.4) is 0 Å². The zero-order chi connectivity index (χ0) is 60.7. The van der Waals surface area contributed by atoms with E-state index in [2.05, 4.69) is 52.2 Å². The van der Waals surface area contributed by atoms with Gasteiger partial charge in [-0.15, -0.1) is 0 Å². The van der Waals surface area contributed by atoms with Gasteiger partial charge in [-0.25, -0.2) is 15.2 Å². The summed E-state index contributed by atoms with van der Waals surface area (Å²) >= 11 is 0. The standard InChI is InChI=1S/C29H37FN6O4.C10H13NO3.C7H8.2C5H10N2O2.C2H6/c1-17-8-20-22(12-35(32)11-19(31)6-5-7-40-16-33-3)23-13-36-18(2)24(15-39-4)21(28(38)14-37)9-27(36)29(23)34-26(20)10-25(17)30;12-8-4-2-1-3-7-11-9(13)5-6-10(11)14;1-7-5-3-2-4-6-7;2*1-6-4-5(9)7-2-3-8;1-2/h8-11,14,28,33,38H,2,5-7,12-13,15-16,31-32H2,1,3-4H3;5-6,8H,1-4,7H2;2-6H,1H3;2*3,6H,2,4H2,1H3,(H,7,9);1-2H3/b19-11-;;;;;. The molecule has 1 atom stereocenters. The number of ether oxygens (including phenoxy) is 2. The molecule has 3 aromatic rings. The van der Waals surface area contributed by atoms with Crippen molar-refractivity contribution in [2.45, 2.75) is 85.4 Å². The van der Waals surface area contributed by atoms with E-state index in [0.29, 0.717) is 110 Å². The number of fused-ring (bicyclic) bond motifs is 4. The molecule has 444 valence electrons. The second-order valence-corrected chi connectivity index (χ2v) is 17.8. The van der Waals surface area contributed by atoms with Crippen LogP contribution in [0.4, 0.5) is 4.39 Å². The molecule has 0 aliphatic carbocycles. The number of unbranched alkanes of at least 4 members (excludes halogenated alkanes) is 3. The van der Waals surface area contributed by atoms with Crippen molar-refractivity contribution in [2.24, 2.45) is 11.6 Å². The van der Waals surface area contributed by atoms with Crippen LogP contribution >= 0.6 is 0 Å². The van der Waals surface area contributed by atoms with Crippen LogP contribution in [-0.4, -0.2) is 161 Å². The molecule has 22 nitrogen and oxygen atoms in total. The molecule has 4 amide bonds. The van der Waals surface area contributed by atoms with E-state index in [1.54, 1.807) is 39.4 Å². The van der Waals surface area contributed by atoms with Crippen LogP contribution in [0.25, 0.3) is 16.6 Å². The molecule has 6 rings (SSSR count). The van der Waals surface area contributed by atoms with Crippen molar-refractivity contribution in [1.82, 2.24) is 46.4 Å². The van der Waals surface area contributed by atoms with Crippen molar-refractivity contribution in [3.63, 3.8) is 0 Å². The molecule has 0 radical (unpaired) electrons. The van der Waals surface area contributed by atoms with E-state index in [-0.39, 0.29) is 62.2 Å². The van der Waals surface area contributed by atoms with Crippen LogP contribution in [0, 0.1) is 19.7 Å². The number of hydrogen-bond donors (Lipinski definition) is 8. The Balaban J connectivity index is 0.000000643. The molecule has 3 aliphatic heterocycles. The van der Waals surface area contributed by atoms with E-state index < -0.39 is 6.10 Å². The molecule has 0 fully saturated rings. The SMILES string of the molecule is C=C1C(COC)=C(C(O)C=O)C=C2c3nc4cc(F)c(C)cc4c(CN(N)/C=C(\N)CCCOCNC)c3CN12.CC.CNCC(=O)NCC=O.CNCC(=O)NCC=O.Cc1ccccc1.O=CCCCCCN1C(=O)C=CC1=O. The van der Waals surface area contributed by atoms with Crippen LogP contribution in [0.15, 0.2) is 96.0 Å². The largest absolute Gasteiger partial charge is 0.401 e. The number of allylic oxidation sites excluding steroid dienone is 1. The first-order valence-electron chi connectivity index (χ1n) is 26.5. The quantitative estimate of drug-likeness (QED) is 0.0136. The number of aliphatic hydroxyl groups excluding tert-OH is 1. The summed E-state index contributed by atoms with van der Waals surface area (Å²) in [5.41, 5.74) is 13.8. The summed E-state index contributed by atoms with van der Waals surface area (Å²) in [5.74, 6) is 5.27. The third-order valence-corrected chi connectivity index (χ3v) is 11.5. The molecule has 23 heteroatoms. The number of hydrogen-bond acceptors (Lipinski definition) is 19. The predicted molar refractivity (Wildman–Crippen MR) is 310 cm³/mol. The van der Waals surface area contributed by atoms with Gasteiger partial charge in [0.1, 0.15) is 30.8 Å². The number of pyridine rings is 1. The number of rotatable bonds is 27. The van der Waals surface area contributed by atoms with Crippen molar-refractivity contribution in [3.8, 4) is 0 Å². The molecule has 4 heterocycles. The fraction of sp³-hybridized carbons (Fsp3) is 0.431. The highest BCUT2D eigenvalue weighted by Gasteiger charge is 2.36. The lowest BCUT2D eigenvalue weighted by Gasteiger charge is -2.31. The van der Waals surface area contributed by atoms with Gasteiger partial charge >= 0.3 is 0 Å². The number of aliphatic hydroxyl groups is 1. The number of nitrogens with two attached hydrogens (primary N) is 2. The van der Waals surface area contributed by atoms with Crippen LogP contribution in [-0.2, 0) is 60.9 Å². The van der Waals surface area contributed by atoms with Gasteiger partial charge in [0, 0.05) is 79.0 Å². The molecule has 0 spiro atoms. The maximum absolute atomic E-state index is 14.7. The minimum atomic E-state index is -1.35. The average molecular weight is 1130 g/mol. The van der Waals surface area contributed by atoms with Crippen LogP contribution in [0.2, 0.25) is 0 Å². The highest BCUT2D eigenvalue weighted by Crippen LogP contribution is 2.44. The Morgan fingerprint density at radius 1 is 0.901 bits per heavy atom. The number of likely N-dealkylation sites (N-methyl/N-ethyl adjacent to an activating group) is 2. The van der Waals surface area contributed by atoms with Crippen molar-refractivity contribution >= 4 is 65.4 Å². The number of aldehydes is 4. The number of amides is 4. The molecule has 3 aliphatic rings. The molecule has 0 saturated heterocycles. The van der Waals surface area contributed by atoms with Gasteiger partial charge in [-0.2, -0.15) is 0 Å². The molecule has 0 saturated carbocycles. The van der Waals surface area contributed by atoms with E-state index >= 15 is 0 Å². The number of nitrogens with one attached hydrogen (secondary N) is 5. The summed E-state index contributed by atoms with van der Waals surface area (Å²) in [6.45, 7) is 15.1. The molecule has 2 aromatic carbocycles. The molecule has 10 N–H and O–H groups in total. The number of methoxy groups -OCH3 is 1.